The molecule has 3 heterocycles. The number of thiol groups is 4. The zero-order valence-electron chi connectivity index (χ0n) is 16.3. The van der Waals surface area contributed by atoms with Gasteiger partial charge in [-0.15, -0.1) is 6.08 Å². The molecule has 3 rings (SSSR count). The van der Waals surface area contributed by atoms with E-state index in [-0.39, 0.29) is 40.5 Å². The molecule has 0 aromatic carbocycles. The molecule has 31 heavy (non-hydrogen) atoms. The number of nitrogens with one attached hydrogen (secondary N) is 2. The molecule has 0 saturated heterocycles. The van der Waals surface area contributed by atoms with Crippen LogP contribution in [0.2, 0.25) is 0 Å². The van der Waals surface area contributed by atoms with E-state index >= 15 is 0 Å². The fraction of sp³-hybridized carbons (Fsp3) is 0.0476. The molecule has 0 amide bonds. The number of aromatic amines is 1. The summed E-state index contributed by atoms with van der Waals surface area (Å²) in [6.07, 6.45) is 16.3. The summed E-state index contributed by atoms with van der Waals surface area (Å²) in [6, 6.07) is 3.85. The van der Waals surface area contributed by atoms with E-state index < -0.39 is 0 Å². The molecule has 0 saturated carbocycles. The third-order valence-corrected chi connectivity index (χ3v) is 3.76. The van der Waals surface area contributed by atoms with E-state index in [4.69, 9.17) is 10.5 Å². The molecular weight excluding hydrogens is 511 g/mol. The minimum Gasteiger partial charge on any atom is -0.813 e. The minimum atomic E-state index is 0. The molecule has 2 aliphatic rings. The van der Waals surface area contributed by atoms with Crippen LogP contribution in [0.4, 0.5) is 0 Å². The van der Waals surface area contributed by atoms with Gasteiger partial charge in [0.25, 0.3) is 0 Å². The van der Waals surface area contributed by atoms with Crippen LogP contribution in [0.1, 0.15) is 18.3 Å². The van der Waals surface area contributed by atoms with Crippen molar-refractivity contribution in [2.24, 2.45) is 9.98 Å². The van der Waals surface area contributed by atoms with Crippen LogP contribution in [-0.4, -0.2) is 27.7 Å². The van der Waals surface area contributed by atoms with Crippen molar-refractivity contribution < 1.29 is 20.1 Å². The molecule has 5 nitrogen and oxygen atoms in total. The van der Waals surface area contributed by atoms with E-state index in [0.29, 0.717) is 5.70 Å². The van der Waals surface area contributed by atoms with Crippen molar-refractivity contribution in [1.29, 1.82) is 0 Å². The number of aromatic nitrogens is 1. The molecule has 0 unspecified atom stereocenters. The van der Waals surface area contributed by atoms with Crippen molar-refractivity contribution in [3.8, 4) is 0 Å². The van der Waals surface area contributed by atoms with Gasteiger partial charge >= 0.3 is 118 Å². The Bertz CT molecular complexity index is 999. The van der Waals surface area contributed by atoms with Crippen LogP contribution in [0.15, 0.2) is 75.7 Å². The fourth-order valence-electron chi connectivity index (χ4n) is 2.27. The van der Waals surface area contributed by atoms with Gasteiger partial charge in [0.1, 0.15) is 0 Å². The van der Waals surface area contributed by atoms with Gasteiger partial charge in [-0.2, -0.15) is 6.92 Å². The van der Waals surface area contributed by atoms with Crippen LogP contribution < -0.4 is 0 Å². The largest absolute Gasteiger partial charge is 0.813 e. The van der Waals surface area contributed by atoms with Gasteiger partial charge in [0.2, 0.25) is 0 Å². The van der Waals surface area contributed by atoms with Crippen LogP contribution in [0.5, 0.6) is 0 Å². The molecule has 0 aliphatic carbocycles. The van der Waals surface area contributed by atoms with E-state index in [2.05, 4.69) is 48.3 Å². The van der Waals surface area contributed by atoms with Crippen LogP contribution in [-0.2, 0) is 60.6 Å². The van der Waals surface area contributed by atoms with Crippen molar-refractivity contribution in [1.82, 2.24) is 4.98 Å². The summed E-state index contributed by atoms with van der Waals surface area (Å²) in [4.78, 5) is 22.5. The van der Waals surface area contributed by atoms with Gasteiger partial charge in [-0.1, -0.05) is 0 Å². The molecule has 2 aliphatic heterocycles. The average Bonchev–Trinajstić information content (AvgIpc) is 3.39. The van der Waals surface area contributed by atoms with Gasteiger partial charge in [-0.25, -0.2) is 11.5 Å². The molecule has 0 spiro atoms. The van der Waals surface area contributed by atoms with Crippen molar-refractivity contribution in [2.45, 2.75) is 6.92 Å². The fourth-order valence-corrected chi connectivity index (χ4v) is 2.58. The second-order valence-electron chi connectivity index (χ2n) is 5.42. The molecule has 1 aromatic rings. The second-order valence-corrected chi connectivity index (χ2v) is 5.98. The topological polar surface area (TPSA) is 81.4 Å². The summed E-state index contributed by atoms with van der Waals surface area (Å²) in [5, 5.41) is 2.53. The average molecular weight is 532 g/mol. The van der Waals surface area contributed by atoms with Gasteiger partial charge < -0.3 is 56.7 Å². The molecule has 2 N–H and O–H groups in total. The van der Waals surface area contributed by atoms with E-state index in [0.717, 1.165) is 34.2 Å². The Morgan fingerprint density at radius 1 is 1.03 bits per heavy atom. The quantitative estimate of drug-likeness (QED) is 0.264. The molecule has 1 aromatic heterocycles. The van der Waals surface area contributed by atoms with E-state index in [9.17, 15) is 0 Å². The molecule has 0 bridgehead atoms. The van der Waals surface area contributed by atoms with Crippen molar-refractivity contribution in [3.05, 3.63) is 88.2 Å². The normalized spacial score (nSPS) is 16.7. The second kappa shape index (κ2) is 16.9. The first kappa shape index (κ1) is 31.5. The number of aliphatic imine (C=N–C) groups is 2. The van der Waals surface area contributed by atoms with E-state index in [1.807, 2.05) is 48.6 Å². The summed E-state index contributed by atoms with van der Waals surface area (Å²) in [5.41, 5.74) is 13.2. The Labute approximate surface area is 217 Å². The maximum absolute atomic E-state index is 8.68. The molecule has 0 atom stereocenters. The Balaban J connectivity index is 0. The Morgan fingerprint density at radius 2 is 1.58 bits per heavy atom. The number of hydrogen-bond acceptors (Lipinski definition) is 7. The van der Waals surface area contributed by atoms with E-state index in [1.165, 1.54) is 19.3 Å². The SMILES string of the molecule is C[C-]=O.[NH-]C(C=[C-]S)=Cc1ccc(C=C2C=CC(C=C3C=CC([CH]=[Co])=N3)=N2)[nH]1.[SH-].[SH-].[SH-]. The number of H-pyrrole nitrogens is 1. The van der Waals surface area contributed by atoms with Gasteiger partial charge in [0.05, 0.1) is 0 Å². The predicted molar refractivity (Wildman–Crippen MR) is 143 cm³/mol. The van der Waals surface area contributed by atoms with Gasteiger partial charge in [0, 0.05) is 0 Å². The minimum absolute atomic E-state index is 0. The first-order valence-corrected chi connectivity index (χ1v) is 9.14. The van der Waals surface area contributed by atoms with Crippen LogP contribution in [0, 0.1) is 5.41 Å². The summed E-state index contributed by atoms with van der Waals surface area (Å²) in [6.45, 7) is 1.32. The van der Waals surface area contributed by atoms with Gasteiger partial charge in [-0.3, -0.25) is 18.9 Å². The molecule has 169 valence electrons. The number of allylic oxidation sites excluding steroid dienone is 6. The Hall–Kier alpha value is -1.69. The summed E-state index contributed by atoms with van der Waals surface area (Å²) >= 11 is 7.98. The molecule has 0 fully saturated rings. The van der Waals surface area contributed by atoms with Gasteiger partial charge in [0.15, 0.2) is 0 Å². The maximum atomic E-state index is 8.68. The van der Waals surface area contributed by atoms with Gasteiger partial charge in [-0.05, 0) is 0 Å². The van der Waals surface area contributed by atoms with Crippen LogP contribution in [0.25, 0.3) is 17.9 Å². The predicted octanol–water partition coefficient (Wildman–Crippen LogP) is 3.56. The zero-order chi connectivity index (χ0) is 20.4. The van der Waals surface area contributed by atoms with Crippen molar-refractivity contribution >= 4 is 87.9 Å². The zero-order valence-corrected chi connectivity index (χ0v) is 20.9. The molecule has 10 heteroatoms. The smallest absolute Gasteiger partial charge is 0.813 e. The standard InChI is InChI=1S/C19H14N4S.C2H3O.Co.3H2S/c1-13-2-3-16(21-13)11-17-6-7-19(23-17)12-18-5-4-15(22-18)10-14(20)8-9-24;1-2-3;;;;/h1-8,10-12,20,22,24H;1H3;;3*1H2/q-2;-1;;;;/p-3. The first-order chi connectivity index (χ1) is 13.6. The number of hydrogen-bond donors (Lipinski definition) is 2. The van der Waals surface area contributed by atoms with Crippen molar-refractivity contribution in [3.63, 3.8) is 0 Å². The first-order valence-electron chi connectivity index (χ1n) is 8.09. The van der Waals surface area contributed by atoms with Crippen molar-refractivity contribution in [2.75, 3.05) is 0 Å². The number of rotatable bonds is 5. The monoisotopic (exact) mass is 531 g/mol. The van der Waals surface area contributed by atoms with E-state index in [1.54, 1.807) is 11.0 Å². The molecule has 0 radical (unpaired) electrons. The Morgan fingerprint density at radius 3 is 2.16 bits per heavy atom. The summed E-state index contributed by atoms with van der Waals surface area (Å²) in [5.74, 6) is 0. The maximum Gasteiger partial charge on any atom is -0.813 e. The third-order valence-electron chi connectivity index (χ3n) is 3.33. The van der Waals surface area contributed by atoms with Crippen LogP contribution in [0.3, 0.4) is 0 Å². The summed E-state index contributed by atoms with van der Waals surface area (Å²) < 4.78 is 0. The Kier molecular flexibility index (Phi) is 17.2. The number of carbonyl (C=O) groups excluding carboxylic acids is 1. The van der Waals surface area contributed by atoms with Crippen LogP contribution >= 0.6 is 12.6 Å². The summed E-state index contributed by atoms with van der Waals surface area (Å²) in [7, 11) is 0. The third kappa shape index (κ3) is 10.9. The number of nitrogens with zero attached hydrogens (tertiary/aromatic N) is 2. The molecular formula is C21H20CoN4OS4-6.